The van der Waals surface area contributed by atoms with E-state index in [0.717, 1.165) is 0 Å². The fourth-order valence-corrected chi connectivity index (χ4v) is 2.44. The monoisotopic (exact) mass is 264 g/mol. The molecule has 19 heavy (non-hydrogen) atoms. The molecular formula is C19H36. The van der Waals surface area contributed by atoms with Crippen LogP contribution in [-0.2, 0) is 0 Å². The van der Waals surface area contributed by atoms with E-state index in [1.165, 1.54) is 94.6 Å². The summed E-state index contributed by atoms with van der Waals surface area (Å²) < 4.78 is 0. The lowest BCUT2D eigenvalue weighted by atomic mass is 9.99. The highest BCUT2D eigenvalue weighted by molar-refractivity contribution is 4.98. The molecule has 0 unspecified atom stereocenters. The summed E-state index contributed by atoms with van der Waals surface area (Å²) in [6.07, 6.45) is 17.0. The quantitative estimate of drug-likeness (QED) is 0.230. The zero-order valence-electron chi connectivity index (χ0n) is 13.6. The molecule has 0 aromatic carbocycles. The van der Waals surface area contributed by atoms with Crippen LogP contribution in [0, 0.1) is 0 Å². The van der Waals surface area contributed by atoms with Gasteiger partial charge in [-0.3, -0.25) is 0 Å². The third-order valence-electron chi connectivity index (χ3n) is 3.83. The average molecular weight is 264 g/mol. The second-order valence-corrected chi connectivity index (χ2v) is 5.97. The minimum absolute atomic E-state index is 1.21. The molecule has 0 atom stereocenters. The van der Waals surface area contributed by atoms with Crippen LogP contribution in [0.2, 0.25) is 0 Å². The summed E-state index contributed by atoms with van der Waals surface area (Å²) in [6.45, 7) is 12.9. The molecule has 0 bridgehead atoms. The second-order valence-electron chi connectivity index (χ2n) is 5.97. The predicted octanol–water partition coefficient (Wildman–Crippen LogP) is 7.21. The molecule has 0 rings (SSSR count). The Kier molecular flexibility index (Phi) is 13.5. The Morgan fingerprint density at radius 2 is 0.895 bits per heavy atom. The van der Waals surface area contributed by atoms with Gasteiger partial charge in [-0.25, -0.2) is 0 Å². The van der Waals surface area contributed by atoms with E-state index in [4.69, 9.17) is 0 Å². The molecule has 0 saturated carbocycles. The molecule has 0 nitrogen and oxygen atoms in total. The first-order chi connectivity index (χ1) is 9.20. The van der Waals surface area contributed by atoms with Gasteiger partial charge >= 0.3 is 0 Å². The van der Waals surface area contributed by atoms with Crippen molar-refractivity contribution in [2.24, 2.45) is 0 Å². The highest BCUT2D eigenvalue weighted by Crippen LogP contribution is 2.18. The van der Waals surface area contributed by atoms with Gasteiger partial charge in [0.2, 0.25) is 0 Å². The summed E-state index contributed by atoms with van der Waals surface area (Å²) in [5.74, 6) is 0. The number of rotatable bonds is 14. The Morgan fingerprint density at radius 1 is 0.526 bits per heavy atom. The zero-order valence-corrected chi connectivity index (χ0v) is 13.6. The fraction of sp³-hybridized carbons (Fsp3) is 0.789. The number of hydrogen-bond acceptors (Lipinski definition) is 0. The highest BCUT2D eigenvalue weighted by atomic mass is 14.0. The molecule has 0 N–H and O–H groups in total. The normalized spacial score (nSPS) is 10.6. The van der Waals surface area contributed by atoms with Gasteiger partial charge in [0.15, 0.2) is 0 Å². The van der Waals surface area contributed by atoms with Gasteiger partial charge < -0.3 is 0 Å². The molecule has 0 saturated heterocycles. The van der Waals surface area contributed by atoms with Crippen LogP contribution in [0.4, 0.5) is 0 Å². The first-order valence-corrected chi connectivity index (χ1v) is 8.54. The van der Waals surface area contributed by atoms with Gasteiger partial charge in [-0.2, -0.15) is 0 Å². The summed E-state index contributed by atoms with van der Waals surface area (Å²) in [6, 6.07) is 0. The van der Waals surface area contributed by atoms with Crippen LogP contribution in [0.3, 0.4) is 0 Å². The van der Waals surface area contributed by atoms with Crippen LogP contribution in [0.1, 0.15) is 97.3 Å². The summed E-state index contributed by atoms with van der Waals surface area (Å²) in [4.78, 5) is 0. The van der Waals surface area contributed by atoms with E-state index in [-0.39, 0.29) is 0 Å². The maximum atomic E-state index is 4.21. The van der Waals surface area contributed by atoms with Crippen LogP contribution in [0.25, 0.3) is 0 Å². The first kappa shape index (κ1) is 18.5. The molecule has 0 aromatic rings. The van der Waals surface area contributed by atoms with E-state index in [0.29, 0.717) is 0 Å². The third kappa shape index (κ3) is 13.7. The maximum Gasteiger partial charge on any atom is -0.0320 e. The van der Waals surface area contributed by atoms with Gasteiger partial charge in [0, 0.05) is 0 Å². The van der Waals surface area contributed by atoms with Crippen LogP contribution < -0.4 is 0 Å². The van der Waals surface area contributed by atoms with E-state index >= 15 is 0 Å². The van der Waals surface area contributed by atoms with Crippen molar-refractivity contribution in [2.75, 3.05) is 0 Å². The van der Waals surface area contributed by atoms with Crippen molar-refractivity contribution >= 4 is 0 Å². The van der Waals surface area contributed by atoms with Gasteiger partial charge in [-0.1, -0.05) is 76.7 Å². The maximum absolute atomic E-state index is 4.21. The Balaban J connectivity index is 3.35. The lowest BCUT2D eigenvalue weighted by Crippen LogP contribution is -1.88. The zero-order chi connectivity index (χ0) is 14.3. The van der Waals surface area contributed by atoms with Crippen LogP contribution in [0.5, 0.6) is 0 Å². The third-order valence-corrected chi connectivity index (χ3v) is 3.83. The SMILES string of the molecule is C=C(CCCCCC)CCCC(=C)CCCCCC. The molecule has 0 aliphatic rings. The van der Waals surface area contributed by atoms with E-state index in [2.05, 4.69) is 27.0 Å². The van der Waals surface area contributed by atoms with Gasteiger partial charge in [0.1, 0.15) is 0 Å². The first-order valence-electron chi connectivity index (χ1n) is 8.54. The van der Waals surface area contributed by atoms with E-state index < -0.39 is 0 Å². The van der Waals surface area contributed by atoms with Gasteiger partial charge in [0.25, 0.3) is 0 Å². The van der Waals surface area contributed by atoms with Gasteiger partial charge in [0.05, 0.1) is 0 Å². The van der Waals surface area contributed by atoms with Crippen molar-refractivity contribution in [3.05, 3.63) is 24.3 Å². The van der Waals surface area contributed by atoms with Crippen molar-refractivity contribution in [2.45, 2.75) is 97.3 Å². The molecule has 0 aliphatic heterocycles. The largest absolute Gasteiger partial charge is 0.0999 e. The minimum atomic E-state index is 1.21. The smallest absolute Gasteiger partial charge is 0.0320 e. The standard InChI is InChI=1S/C19H36/c1-5-7-9-11-14-18(3)16-13-17-19(4)15-12-10-8-6-2/h3-17H2,1-2H3. The van der Waals surface area contributed by atoms with Crippen molar-refractivity contribution in [1.29, 1.82) is 0 Å². The highest BCUT2D eigenvalue weighted by Gasteiger charge is 1.99. The second kappa shape index (κ2) is 13.9. The lowest BCUT2D eigenvalue weighted by Gasteiger charge is -2.08. The van der Waals surface area contributed by atoms with Crippen molar-refractivity contribution in [3.63, 3.8) is 0 Å². The van der Waals surface area contributed by atoms with Gasteiger partial charge in [-0.05, 0) is 44.9 Å². The number of allylic oxidation sites excluding steroid dienone is 2. The average Bonchev–Trinajstić information content (AvgIpc) is 2.40. The summed E-state index contributed by atoms with van der Waals surface area (Å²) in [5.41, 5.74) is 2.91. The molecule has 0 spiro atoms. The lowest BCUT2D eigenvalue weighted by molar-refractivity contribution is 0.634. The minimum Gasteiger partial charge on any atom is -0.0999 e. The molecule has 0 fully saturated rings. The Bertz CT molecular complexity index is 200. The van der Waals surface area contributed by atoms with Crippen molar-refractivity contribution in [3.8, 4) is 0 Å². The van der Waals surface area contributed by atoms with E-state index in [1.807, 2.05) is 0 Å². The van der Waals surface area contributed by atoms with E-state index in [1.54, 1.807) is 0 Å². The predicted molar refractivity (Wildman–Crippen MR) is 89.6 cm³/mol. The van der Waals surface area contributed by atoms with E-state index in [9.17, 15) is 0 Å². The number of hydrogen-bond donors (Lipinski definition) is 0. The Labute approximate surface area is 122 Å². The molecule has 0 heterocycles. The van der Waals surface area contributed by atoms with Crippen molar-refractivity contribution < 1.29 is 0 Å². The van der Waals surface area contributed by atoms with Crippen molar-refractivity contribution in [1.82, 2.24) is 0 Å². The molecule has 0 radical (unpaired) electrons. The summed E-state index contributed by atoms with van der Waals surface area (Å²) in [5, 5.41) is 0. The molecule has 112 valence electrons. The molecule has 0 aromatic heterocycles. The molecule has 0 amide bonds. The Morgan fingerprint density at radius 3 is 1.26 bits per heavy atom. The van der Waals surface area contributed by atoms with Crippen LogP contribution in [0.15, 0.2) is 24.3 Å². The van der Waals surface area contributed by atoms with Crippen LogP contribution in [-0.4, -0.2) is 0 Å². The molecule has 0 heteroatoms. The topological polar surface area (TPSA) is 0 Å². The molecular weight excluding hydrogens is 228 g/mol. The number of unbranched alkanes of at least 4 members (excludes halogenated alkanes) is 6. The van der Waals surface area contributed by atoms with Crippen LogP contribution >= 0.6 is 0 Å². The summed E-state index contributed by atoms with van der Waals surface area (Å²) in [7, 11) is 0. The summed E-state index contributed by atoms with van der Waals surface area (Å²) >= 11 is 0. The fourth-order valence-electron chi connectivity index (χ4n) is 2.44. The Hall–Kier alpha value is -0.520. The van der Waals surface area contributed by atoms with Gasteiger partial charge in [-0.15, -0.1) is 0 Å². The molecule has 0 aliphatic carbocycles.